The van der Waals surface area contributed by atoms with Gasteiger partial charge in [-0.05, 0) is 36.1 Å². The maximum absolute atomic E-state index is 13.1. The van der Waals surface area contributed by atoms with E-state index in [1.165, 1.54) is 13.0 Å². The first-order valence-corrected chi connectivity index (χ1v) is 4.54. The molecule has 5 heteroatoms. The third-order valence-corrected chi connectivity index (χ3v) is 2.22. The van der Waals surface area contributed by atoms with Crippen LogP contribution in [-0.4, -0.2) is 6.04 Å². The second-order valence-electron chi connectivity index (χ2n) is 3.40. The van der Waals surface area contributed by atoms with Crippen molar-refractivity contribution in [3.63, 3.8) is 0 Å². The van der Waals surface area contributed by atoms with Gasteiger partial charge in [0.05, 0.1) is 0 Å². The van der Waals surface area contributed by atoms with Crippen LogP contribution in [0.2, 0.25) is 0 Å². The smallest absolute Gasteiger partial charge is 0.161 e. The highest BCUT2D eigenvalue weighted by molar-refractivity contribution is 5.28. The SMILES string of the molecule is Cc1c(C[C@H](C)N=[N+]=[N-])ccc(F)c1F. The van der Waals surface area contributed by atoms with Gasteiger partial charge in [-0.15, -0.1) is 0 Å². The van der Waals surface area contributed by atoms with E-state index in [4.69, 9.17) is 5.53 Å². The molecule has 0 N–H and O–H groups in total. The fourth-order valence-corrected chi connectivity index (χ4v) is 1.36. The van der Waals surface area contributed by atoms with Gasteiger partial charge in [-0.2, -0.15) is 0 Å². The largest absolute Gasteiger partial charge is 0.204 e. The van der Waals surface area contributed by atoms with Gasteiger partial charge < -0.3 is 0 Å². The minimum absolute atomic E-state index is 0.265. The first-order chi connectivity index (χ1) is 7.06. The fraction of sp³-hybridized carbons (Fsp3) is 0.400. The standard InChI is InChI=1S/C10H11F2N3/c1-6(14-15-13)5-8-3-4-9(11)10(12)7(8)2/h3-4,6H,5H2,1-2H3/t6-/m0/s1. The van der Waals surface area contributed by atoms with E-state index in [0.717, 1.165) is 6.07 Å². The summed E-state index contributed by atoms with van der Waals surface area (Å²) in [5.74, 6) is -1.69. The van der Waals surface area contributed by atoms with E-state index in [0.29, 0.717) is 12.0 Å². The summed E-state index contributed by atoms with van der Waals surface area (Å²) in [6, 6.07) is 2.33. The summed E-state index contributed by atoms with van der Waals surface area (Å²) < 4.78 is 25.9. The van der Waals surface area contributed by atoms with Crippen LogP contribution in [0.15, 0.2) is 17.2 Å². The Balaban J connectivity index is 2.96. The van der Waals surface area contributed by atoms with Crippen LogP contribution in [0.3, 0.4) is 0 Å². The average Bonchev–Trinajstić information content (AvgIpc) is 2.20. The molecule has 1 aromatic rings. The Labute approximate surface area is 86.4 Å². The predicted octanol–water partition coefficient (Wildman–Crippen LogP) is 3.51. The lowest BCUT2D eigenvalue weighted by molar-refractivity contribution is 0.500. The molecule has 80 valence electrons. The summed E-state index contributed by atoms with van der Waals surface area (Å²) in [5.41, 5.74) is 9.14. The minimum Gasteiger partial charge on any atom is -0.204 e. The molecule has 0 heterocycles. The maximum atomic E-state index is 13.1. The van der Waals surface area contributed by atoms with Crippen molar-refractivity contribution < 1.29 is 8.78 Å². The summed E-state index contributed by atoms with van der Waals surface area (Å²) in [6.07, 6.45) is 0.410. The molecule has 0 aliphatic rings. The third-order valence-electron chi connectivity index (χ3n) is 2.22. The van der Waals surface area contributed by atoms with Gasteiger partial charge in [0.1, 0.15) is 0 Å². The summed E-state index contributed by atoms with van der Waals surface area (Å²) in [4.78, 5) is 2.66. The second kappa shape index (κ2) is 4.75. The predicted molar refractivity (Wildman–Crippen MR) is 53.4 cm³/mol. The van der Waals surface area contributed by atoms with Gasteiger partial charge in [0, 0.05) is 11.0 Å². The molecular weight excluding hydrogens is 200 g/mol. The van der Waals surface area contributed by atoms with Crippen LogP contribution in [0.25, 0.3) is 10.4 Å². The molecule has 0 bridgehead atoms. The van der Waals surface area contributed by atoms with Crippen molar-refractivity contribution in [2.75, 3.05) is 0 Å². The Morgan fingerprint density at radius 3 is 2.73 bits per heavy atom. The zero-order chi connectivity index (χ0) is 11.4. The lowest BCUT2D eigenvalue weighted by atomic mass is 10.0. The molecule has 0 saturated carbocycles. The molecule has 0 aliphatic carbocycles. The topological polar surface area (TPSA) is 48.8 Å². The van der Waals surface area contributed by atoms with E-state index in [9.17, 15) is 8.78 Å². The van der Waals surface area contributed by atoms with E-state index < -0.39 is 11.6 Å². The van der Waals surface area contributed by atoms with Crippen molar-refractivity contribution in [3.8, 4) is 0 Å². The van der Waals surface area contributed by atoms with Gasteiger partial charge in [-0.1, -0.05) is 18.1 Å². The Kier molecular flexibility index (Phi) is 3.63. The van der Waals surface area contributed by atoms with Crippen molar-refractivity contribution in [3.05, 3.63) is 45.3 Å². The molecule has 1 rings (SSSR count). The van der Waals surface area contributed by atoms with Crippen LogP contribution < -0.4 is 0 Å². The van der Waals surface area contributed by atoms with Crippen LogP contribution >= 0.6 is 0 Å². The molecule has 0 radical (unpaired) electrons. The zero-order valence-electron chi connectivity index (χ0n) is 8.54. The Hall–Kier alpha value is -1.61. The van der Waals surface area contributed by atoms with Crippen molar-refractivity contribution >= 4 is 0 Å². The van der Waals surface area contributed by atoms with Crippen LogP contribution in [0, 0.1) is 18.6 Å². The number of hydrogen-bond acceptors (Lipinski definition) is 1. The van der Waals surface area contributed by atoms with Gasteiger partial charge in [0.25, 0.3) is 0 Å². The molecule has 0 aliphatic heterocycles. The molecule has 15 heavy (non-hydrogen) atoms. The fourth-order valence-electron chi connectivity index (χ4n) is 1.36. The van der Waals surface area contributed by atoms with Gasteiger partial charge in [-0.25, -0.2) is 8.78 Å². The monoisotopic (exact) mass is 211 g/mol. The number of azide groups is 1. The molecule has 0 aromatic heterocycles. The molecule has 1 atom stereocenters. The number of rotatable bonds is 3. The van der Waals surface area contributed by atoms with Gasteiger partial charge in [-0.3, -0.25) is 0 Å². The minimum atomic E-state index is -0.854. The molecule has 0 spiro atoms. The number of benzene rings is 1. The van der Waals surface area contributed by atoms with E-state index in [1.807, 2.05) is 0 Å². The summed E-state index contributed by atoms with van der Waals surface area (Å²) in [7, 11) is 0. The van der Waals surface area contributed by atoms with Crippen molar-refractivity contribution in [1.82, 2.24) is 0 Å². The molecule has 1 aromatic carbocycles. The second-order valence-corrected chi connectivity index (χ2v) is 3.40. The highest BCUT2D eigenvalue weighted by atomic mass is 19.2. The number of nitrogens with zero attached hydrogens (tertiary/aromatic N) is 3. The van der Waals surface area contributed by atoms with Crippen LogP contribution in [-0.2, 0) is 6.42 Å². The molecule has 3 nitrogen and oxygen atoms in total. The van der Waals surface area contributed by atoms with E-state index in [2.05, 4.69) is 10.0 Å². The lowest BCUT2D eigenvalue weighted by Crippen LogP contribution is -2.05. The molecule has 0 unspecified atom stereocenters. The lowest BCUT2D eigenvalue weighted by Gasteiger charge is -2.09. The normalized spacial score (nSPS) is 12.0. The first-order valence-electron chi connectivity index (χ1n) is 4.54. The Bertz CT molecular complexity index is 411. The van der Waals surface area contributed by atoms with E-state index in [1.54, 1.807) is 6.92 Å². The zero-order valence-corrected chi connectivity index (χ0v) is 8.54. The van der Waals surface area contributed by atoms with E-state index >= 15 is 0 Å². The van der Waals surface area contributed by atoms with Gasteiger partial charge in [0.2, 0.25) is 0 Å². The summed E-state index contributed by atoms with van der Waals surface area (Å²) >= 11 is 0. The van der Waals surface area contributed by atoms with Gasteiger partial charge in [0.15, 0.2) is 11.6 Å². The highest BCUT2D eigenvalue weighted by Crippen LogP contribution is 2.17. The maximum Gasteiger partial charge on any atom is 0.161 e. The summed E-state index contributed by atoms with van der Waals surface area (Å²) in [6.45, 7) is 3.23. The molecule has 0 amide bonds. The summed E-state index contributed by atoms with van der Waals surface area (Å²) in [5, 5.41) is 3.48. The Morgan fingerprint density at radius 2 is 2.13 bits per heavy atom. The van der Waals surface area contributed by atoms with Crippen LogP contribution in [0.4, 0.5) is 8.78 Å². The van der Waals surface area contributed by atoms with Crippen LogP contribution in [0.1, 0.15) is 18.1 Å². The van der Waals surface area contributed by atoms with Crippen molar-refractivity contribution in [2.24, 2.45) is 5.11 Å². The number of halogens is 2. The Morgan fingerprint density at radius 1 is 1.47 bits per heavy atom. The van der Waals surface area contributed by atoms with Crippen molar-refractivity contribution in [1.29, 1.82) is 0 Å². The third kappa shape index (κ3) is 2.67. The molecule has 0 saturated heterocycles. The average molecular weight is 211 g/mol. The quantitative estimate of drug-likeness (QED) is 0.417. The van der Waals surface area contributed by atoms with E-state index in [-0.39, 0.29) is 11.6 Å². The molecular formula is C10H11F2N3. The van der Waals surface area contributed by atoms with Gasteiger partial charge >= 0.3 is 0 Å². The van der Waals surface area contributed by atoms with Crippen molar-refractivity contribution in [2.45, 2.75) is 26.3 Å². The number of hydrogen-bond donors (Lipinski definition) is 0. The van der Waals surface area contributed by atoms with Crippen LogP contribution in [0.5, 0.6) is 0 Å². The highest BCUT2D eigenvalue weighted by Gasteiger charge is 2.11. The molecule has 0 fully saturated rings. The first kappa shape index (κ1) is 11.5.